The first-order valence-electron chi connectivity index (χ1n) is 7.49. The number of aromatic nitrogens is 1. The average Bonchev–Trinajstić information content (AvgIpc) is 3.07. The monoisotopic (exact) mass is 339 g/mol. The number of para-hydroxylation sites is 1. The third kappa shape index (κ3) is 3.25. The lowest BCUT2D eigenvalue weighted by molar-refractivity contribution is 0.0951. The van der Waals surface area contributed by atoms with E-state index in [1.165, 1.54) is 13.3 Å². The zero-order chi connectivity index (χ0) is 17.8. The van der Waals surface area contributed by atoms with Gasteiger partial charge in [-0.2, -0.15) is 5.10 Å². The predicted octanol–water partition coefficient (Wildman–Crippen LogP) is 2.65. The molecule has 0 aliphatic rings. The van der Waals surface area contributed by atoms with E-state index in [-0.39, 0.29) is 5.75 Å². The Morgan fingerprint density at radius 3 is 2.64 bits per heavy atom. The van der Waals surface area contributed by atoms with Crippen molar-refractivity contribution in [3.8, 4) is 17.2 Å². The van der Waals surface area contributed by atoms with Crippen LogP contribution in [0.25, 0.3) is 10.9 Å². The van der Waals surface area contributed by atoms with E-state index in [4.69, 9.17) is 9.47 Å². The molecular formula is C18H17N3O4. The second-order valence-electron chi connectivity index (χ2n) is 5.20. The molecule has 0 aliphatic heterocycles. The molecule has 0 bridgehead atoms. The molecule has 0 aliphatic carbocycles. The van der Waals surface area contributed by atoms with Crippen LogP contribution < -0.4 is 14.9 Å². The number of carbonyl (C=O) groups excluding carboxylic acids is 1. The summed E-state index contributed by atoms with van der Waals surface area (Å²) in [4.78, 5) is 15.2. The molecular weight excluding hydrogens is 322 g/mol. The van der Waals surface area contributed by atoms with E-state index in [1.54, 1.807) is 31.4 Å². The summed E-state index contributed by atoms with van der Waals surface area (Å²) in [5.41, 5.74) is 3.99. The number of benzene rings is 2. The Labute approximate surface area is 143 Å². The van der Waals surface area contributed by atoms with E-state index >= 15 is 0 Å². The van der Waals surface area contributed by atoms with Crippen molar-refractivity contribution in [2.24, 2.45) is 5.10 Å². The number of nitrogens with zero attached hydrogens (tertiary/aromatic N) is 1. The summed E-state index contributed by atoms with van der Waals surface area (Å²) < 4.78 is 10.3. The molecule has 0 unspecified atom stereocenters. The highest BCUT2D eigenvalue weighted by Crippen LogP contribution is 2.28. The number of carbonyl (C=O) groups is 1. The Bertz CT molecular complexity index is 947. The average molecular weight is 339 g/mol. The first-order chi connectivity index (χ1) is 12.1. The highest BCUT2D eigenvalue weighted by molar-refractivity contribution is 6.00. The van der Waals surface area contributed by atoms with E-state index in [9.17, 15) is 9.90 Å². The topological polar surface area (TPSA) is 95.9 Å². The number of methoxy groups -OCH3 is 2. The number of nitrogens with one attached hydrogen (secondary N) is 2. The third-order valence-corrected chi connectivity index (χ3v) is 3.71. The molecule has 0 atom stereocenters. The smallest absolute Gasteiger partial charge is 0.287 e. The molecule has 3 N–H and O–H groups in total. The Hall–Kier alpha value is -3.48. The predicted molar refractivity (Wildman–Crippen MR) is 94.6 cm³/mol. The quantitative estimate of drug-likeness (QED) is 0.492. The molecule has 1 amide bonds. The van der Waals surface area contributed by atoms with E-state index in [0.29, 0.717) is 22.8 Å². The first kappa shape index (κ1) is 16.4. The van der Waals surface area contributed by atoms with Gasteiger partial charge in [-0.3, -0.25) is 4.79 Å². The van der Waals surface area contributed by atoms with Crippen LogP contribution in [-0.4, -0.2) is 36.4 Å². The molecule has 25 heavy (non-hydrogen) atoms. The molecule has 1 aromatic heterocycles. The zero-order valence-electron chi connectivity index (χ0n) is 13.7. The number of hydrogen-bond acceptors (Lipinski definition) is 5. The minimum atomic E-state index is -0.406. The molecule has 0 radical (unpaired) electrons. The fraction of sp³-hybridized carbons (Fsp3) is 0.111. The van der Waals surface area contributed by atoms with Crippen molar-refractivity contribution in [2.75, 3.05) is 14.2 Å². The van der Waals surface area contributed by atoms with Crippen molar-refractivity contribution in [3.05, 3.63) is 53.7 Å². The number of aromatic hydroxyl groups is 1. The summed E-state index contributed by atoms with van der Waals surface area (Å²) in [6.07, 6.45) is 1.35. The lowest BCUT2D eigenvalue weighted by atomic mass is 10.2. The van der Waals surface area contributed by atoms with Gasteiger partial charge in [0, 0.05) is 16.5 Å². The van der Waals surface area contributed by atoms with Gasteiger partial charge in [0.25, 0.3) is 5.91 Å². The first-order valence-corrected chi connectivity index (χ1v) is 7.49. The maximum absolute atomic E-state index is 12.2. The lowest BCUT2D eigenvalue weighted by Gasteiger charge is -2.04. The van der Waals surface area contributed by atoms with E-state index in [2.05, 4.69) is 15.5 Å². The van der Waals surface area contributed by atoms with Crippen molar-refractivity contribution in [1.29, 1.82) is 0 Å². The van der Waals surface area contributed by atoms with Crippen LogP contribution in [0.1, 0.15) is 16.1 Å². The summed E-state index contributed by atoms with van der Waals surface area (Å²) in [5.74, 6) is 0.561. The molecule has 0 spiro atoms. The van der Waals surface area contributed by atoms with Crippen LogP contribution in [-0.2, 0) is 0 Å². The maximum atomic E-state index is 12.2. The number of phenolic OH excluding ortho intramolecular Hbond substituents is 1. The fourth-order valence-electron chi connectivity index (χ4n) is 2.46. The van der Waals surface area contributed by atoms with Crippen LogP contribution >= 0.6 is 0 Å². The maximum Gasteiger partial charge on any atom is 0.287 e. The molecule has 7 heteroatoms. The van der Waals surface area contributed by atoms with Gasteiger partial charge in [0.15, 0.2) is 11.5 Å². The summed E-state index contributed by atoms with van der Waals surface area (Å²) in [5, 5.41) is 14.7. The van der Waals surface area contributed by atoms with Gasteiger partial charge in [-0.05, 0) is 30.3 Å². The highest BCUT2D eigenvalue weighted by Gasteiger charge is 2.11. The van der Waals surface area contributed by atoms with Crippen molar-refractivity contribution >= 4 is 23.0 Å². The number of amides is 1. The Balaban J connectivity index is 1.77. The summed E-state index contributed by atoms with van der Waals surface area (Å²) in [7, 11) is 3.04. The summed E-state index contributed by atoms with van der Waals surface area (Å²) in [6, 6.07) is 12.2. The van der Waals surface area contributed by atoms with E-state index in [0.717, 1.165) is 10.9 Å². The number of H-pyrrole nitrogens is 1. The molecule has 0 saturated heterocycles. The number of rotatable bonds is 5. The molecule has 3 rings (SSSR count). The van der Waals surface area contributed by atoms with Gasteiger partial charge in [-0.1, -0.05) is 12.1 Å². The summed E-state index contributed by atoms with van der Waals surface area (Å²) >= 11 is 0. The van der Waals surface area contributed by atoms with Crippen LogP contribution in [0.3, 0.4) is 0 Å². The normalized spacial score (nSPS) is 11.0. The van der Waals surface area contributed by atoms with Crippen molar-refractivity contribution in [2.45, 2.75) is 0 Å². The van der Waals surface area contributed by atoms with Gasteiger partial charge in [0.1, 0.15) is 11.4 Å². The molecule has 7 nitrogen and oxygen atoms in total. The van der Waals surface area contributed by atoms with Crippen LogP contribution in [0.15, 0.2) is 47.6 Å². The number of phenols is 1. The van der Waals surface area contributed by atoms with Crippen LogP contribution in [0.5, 0.6) is 17.2 Å². The fourth-order valence-corrected chi connectivity index (χ4v) is 2.46. The molecule has 3 aromatic rings. The number of hydrazone groups is 1. The summed E-state index contributed by atoms with van der Waals surface area (Å²) in [6.45, 7) is 0. The molecule has 0 fully saturated rings. The number of ether oxygens (including phenoxy) is 2. The second-order valence-corrected chi connectivity index (χ2v) is 5.20. The van der Waals surface area contributed by atoms with E-state index in [1.807, 2.05) is 18.2 Å². The van der Waals surface area contributed by atoms with Gasteiger partial charge in [-0.25, -0.2) is 5.43 Å². The Morgan fingerprint density at radius 2 is 1.88 bits per heavy atom. The molecule has 2 aromatic carbocycles. The highest BCUT2D eigenvalue weighted by atomic mass is 16.5. The third-order valence-electron chi connectivity index (χ3n) is 3.71. The van der Waals surface area contributed by atoms with Crippen molar-refractivity contribution in [1.82, 2.24) is 10.4 Å². The van der Waals surface area contributed by atoms with Crippen LogP contribution in [0, 0.1) is 0 Å². The van der Waals surface area contributed by atoms with Crippen LogP contribution in [0.4, 0.5) is 0 Å². The number of hydrogen-bond donors (Lipinski definition) is 3. The van der Waals surface area contributed by atoms with Crippen molar-refractivity contribution in [3.63, 3.8) is 0 Å². The zero-order valence-corrected chi connectivity index (χ0v) is 13.7. The minimum absolute atomic E-state index is 0.0432. The van der Waals surface area contributed by atoms with Gasteiger partial charge < -0.3 is 19.6 Å². The Kier molecular flexibility index (Phi) is 4.56. The lowest BCUT2D eigenvalue weighted by Crippen LogP contribution is -2.17. The van der Waals surface area contributed by atoms with Gasteiger partial charge >= 0.3 is 0 Å². The van der Waals surface area contributed by atoms with Gasteiger partial charge in [0.2, 0.25) is 0 Å². The van der Waals surface area contributed by atoms with Gasteiger partial charge in [0.05, 0.1) is 20.4 Å². The minimum Gasteiger partial charge on any atom is -0.504 e. The number of aromatic amines is 1. The number of fused-ring (bicyclic) bond motifs is 1. The molecule has 128 valence electrons. The molecule has 1 heterocycles. The standard InChI is InChI=1S/C18H17N3O4/c1-24-15-7-4-6-13-12(15)9-14(20-13)18(23)21-19-10-11-5-3-8-16(25-2)17(11)22/h3-10,20,22H,1-2H3,(H,21,23)/b19-10+. The Morgan fingerprint density at radius 1 is 1.16 bits per heavy atom. The van der Waals surface area contributed by atoms with Crippen molar-refractivity contribution < 1.29 is 19.4 Å². The van der Waals surface area contributed by atoms with Crippen LogP contribution in [0.2, 0.25) is 0 Å². The largest absolute Gasteiger partial charge is 0.504 e. The molecule has 0 saturated carbocycles. The van der Waals surface area contributed by atoms with Gasteiger partial charge in [-0.15, -0.1) is 0 Å². The second kappa shape index (κ2) is 6.96. The van der Waals surface area contributed by atoms with E-state index < -0.39 is 5.91 Å². The SMILES string of the molecule is COc1cccc(/C=N/NC(=O)c2cc3c(OC)cccc3[nH]2)c1O.